The summed E-state index contributed by atoms with van der Waals surface area (Å²) in [5.74, 6) is 0.415. The zero-order chi connectivity index (χ0) is 27.7. The molecule has 0 aromatic heterocycles. The number of piperidine rings is 1. The van der Waals surface area contributed by atoms with Crippen LogP contribution >= 0.6 is 0 Å². The van der Waals surface area contributed by atoms with E-state index in [0.29, 0.717) is 30.0 Å². The van der Waals surface area contributed by atoms with Crippen molar-refractivity contribution in [1.29, 1.82) is 0 Å². The topological polar surface area (TPSA) is 85.3 Å². The minimum Gasteiger partial charge on any atom is -0.428 e. The Hall–Kier alpha value is -2.48. The van der Waals surface area contributed by atoms with Crippen LogP contribution in [0, 0.1) is 26.7 Å². The first-order valence-electron chi connectivity index (χ1n) is 13.1. The zero-order valence-electron chi connectivity index (χ0n) is 23.9. The van der Waals surface area contributed by atoms with Gasteiger partial charge in [0.05, 0.1) is 11.2 Å². The van der Waals surface area contributed by atoms with Crippen molar-refractivity contribution in [3.8, 4) is 0 Å². The number of aliphatic hydroxyl groups excluding tert-OH is 1. The van der Waals surface area contributed by atoms with E-state index < -0.39 is 23.8 Å². The highest BCUT2D eigenvalue weighted by Crippen LogP contribution is 2.40. The van der Waals surface area contributed by atoms with Crippen LogP contribution in [0.25, 0.3) is 5.57 Å². The van der Waals surface area contributed by atoms with Crippen molar-refractivity contribution in [3.63, 3.8) is 0 Å². The Bertz CT molecular complexity index is 1070. The standard InChI is InChI=1S/C30H43NO6/c1-18-14-19(2)24(20(3)15-18)25-23(35-28(34)37-30(7,8)9)17-22(26(25)32)16-21-10-12-31(13-11-21)27(33)36-29(4,5)6/h14-16,21,27,33H,10-13,17H2,1-9H3. The van der Waals surface area contributed by atoms with Gasteiger partial charge >= 0.3 is 6.16 Å². The summed E-state index contributed by atoms with van der Waals surface area (Å²) in [6, 6.07) is 4.08. The van der Waals surface area contributed by atoms with Crippen molar-refractivity contribution < 1.29 is 28.9 Å². The molecule has 3 rings (SSSR count). The highest BCUT2D eigenvalue weighted by Gasteiger charge is 2.35. The van der Waals surface area contributed by atoms with Gasteiger partial charge in [-0.1, -0.05) is 23.8 Å². The number of aryl methyl sites for hydroxylation is 3. The molecule has 1 atom stereocenters. The average Bonchev–Trinajstić information content (AvgIpc) is 3.00. The van der Waals surface area contributed by atoms with Gasteiger partial charge in [0.25, 0.3) is 0 Å². The molecule has 37 heavy (non-hydrogen) atoms. The Morgan fingerprint density at radius 2 is 1.59 bits per heavy atom. The molecule has 1 saturated heterocycles. The summed E-state index contributed by atoms with van der Waals surface area (Å²) >= 11 is 0. The lowest BCUT2D eigenvalue weighted by Crippen LogP contribution is -2.45. The normalized spacial score (nSPS) is 20.1. The number of likely N-dealkylation sites (tertiary alicyclic amines) is 1. The van der Waals surface area contributed by atoms with Gasteiger partial charge in [-0.25, -0.2) is 4.79 Å². The first-order valence-corrected chi connectivity index (χ1v) is 13.1. The molecule has 1 fully saturated rings. The van der Waals surface area contributed by atoms with Crippen molar-refractivity contribution in [2.45, 2.75) is 99.2 Å². The summed E-state index contributed by atoms with van der Waals surface area (Å²) in [4.78, 5) is 28.2. The number of Topliss-reactive ketones (excluding diaryl/α,β-unsaturated/α-hetero) is 1. The number of allylic oxidation sites excluding steroid dienone is 3. The van der Waals surface area contributed by atoms with Gasteiger partial charge in [-0.3, -0.25) is 9.69 Å². The Morgan fingerprint density at radius 1 is 1.03 bits per heavy atom. The van der Waals surface area contributed by atoms with Crippen LogP contribution < -0.4 is 0 Å². The SMILES string of the molecule is Cc1cc(C)c(C2=C(OC(=O)OC(C)(C)C)CC(=CC3CCN(C(O)OC(C)(C)C)CC3)C2=O)c(C)c1. The van der Waals surface area contributed by atoms with E-state index in [1.807, 2.05) is 64.7 Å². The van der Waals surface area contributed by atoms with Gasteiger partial charge in [-0.15, -0.1) is 0 Å². The smallest absolute Gasteiger partial charge is 0.428 e. The predicted molar refractivity (Wildman–Crippen MR) is 144 cm³/mol. The molecule has 1 heterocycles. The first-order chi connectivity index (χ1) is 17.0. The molecule has 1 aromatic rings. The van der Waals surface area contributed by atoms with Gasteiger partial charge in [-0.05, 0) is 97.8 Å². The second-order valence-corrected chi connectivity index (χ2v) is 12.3. The maximum Gasteiger partial charge on any atom is 0.514 e. The minimum absolute atomic E-state index is 0.104. The number of hydrogen-bond donors (Lipinski definition) is 1. The maximum absolute atomic E-state index is 13.7. The fraction of sp³-hybridized carbons (Fsp3) is 0.600. The van der Waals surface area contributed by atoms with Crippen LogP contribution in [-0.4, -0.2) is 52.7 Å². The third-order valence-corrected chi connectivity index (χ3v) is 6.45. The largest absolute Gasteiger partial charge is 0.514 e. The molecule has 0 saturated carbocycles. The highest BCUT2D eigenvalue weighted by atomic mass is 16.7. The molecule has 0 bridgehead atoms. The Kier molecular flexibility index (Phi) is 8.72. The molecular weight excluding hydrogens is 470 g/mol. The molecule has 204 valence electrons. The number of ether oxygens (including phenoxy) is 3. The molecule has 1 unspecified atom stereocenters. The minimum atomic E-state index is -0.948. The van der Waals surface area contributed by atoms with E-state index in [1.54, 1.807) is 20.8 Å². The van der Waals surface area contributed by atoms with Crippen molar-refractivity contribution in [1.82, 2.24) is 4.90 Å². The van der Waals surface area contributed by atoms with Crippen LogP contribution in [0.4, 0.5) is 4.79 Å². The summed E-state index contributed by atoms with van der Waals surface area (Å²) in [6.45, 7) is 18.4. The van der Waals surface area contributed by atoms with Crippen LogP contribution in [0.5, 0.6) is 0 Å². The van der Waals surface area contributed by atoms with E-state index in [-0.39, 0.29) is 18.1 Å². The Morgan fingerprint density at radius 3 is 2.11 bits per heavy atom. The van der Waals surface area contributed by atoms with E-state index in [1.165, 1.54) is 0 Å². The first kappa shape index (κ1) is 29.1. The van der Waals surface area contributed by atoms with Gasteiger partial charge in [-0.2, -0.15) is 0 Å². The lowest BCUT2D eigenvalue weighted by molar-refractivity contribution is -0.242. The number of hydrogen-bond acceptors (Lipinski definition) is 7. The van der Waals surface area contributed by atoms with Crippen LogP contribution in [0.3, 0.4) is 0 Å². The fourth-order valence-corrected chi connectivity index (χ4v) is 5.03. The summed E-state index contributed by atoms with van der Waals surface area (Å²) in [5.41, 5.74) is 3.80. The number of nitrogens with zero attached hydrogens (tertiary/aromatic N) is 1. The third kappa shape index (κ3) is 7.76. The quantitative estimate of drug-likeness (QED) is 0.295. The van der Waals surface area contributed by atoms with Crippen LogP contribution in [0.15, 0.2) is 29.5 Å². The monoisotopic (exact) mass is 513 g/mol. The highest BCUT2D eigenvalue weighted by molar-refractivity contribution is 6.32. The number of ketones is 1. The van der Waals surface area contributed by atoms with E-state index in [9.17, 15) is 14.7 Å². The Balaban J connectivity index is 1.84. The molecule has 1 aromatic carbocycles. The van der Waals surface area contributed by atoms with Crippen LogP contribution in [0.1, 0.15) is 83.1 Å². The maximum atomic E-state index is 13.7. The molecule has 7 heteroatoms. The van der Waals surface area contributed by atoms with Gasteiger partial charge in [0, 0.05) is 25.1 Å². The lowest BCUT2D eigenvalue weighted by Gasteiger charge is -2.36. The summed E-state index contributed by atoms with van der Waals surface area (Å²) in [6.07, 6.45) is 2.11. The van der Waals surface area contributed by atoms with Crippen LogP contribution in [0.2, 0.25) is 0 Å². The van der Waals surface area contributed by atoms with Gasteiger partial charge in [0.2, 0.25) is 6.41 Å². The molecule has 0 radical (unpaired) electrons. The molecule has 0 amide bonds. The van der Waals surface area contributed by atoms with Crippen molar-refractivity contribution in [3.05, 3.63) is 51.8 Å². The third-order valence-electron chi connectivity index (χ3n) is 6.45. The van der Waals surface area contributed by atoms with Crippen LogP contribution in [-0.2, 0) is 19.0 Å². The lowest BCUT2D eigenvalue weighted by atomic mass is 9.90. The fourth-order valence-electron chi connectivity index (χ4n) is 5.03. The van der Waals surface area contributed by atoms with Crippen molar-refractivity contribution in [2.75, 3.05) is 13.1 Å². The predicted octanol–water partition coefficient (Wildman–Crippen LogP) is 5.98. The molecular formula is C30H43NO6. The van der Waals surface area contributed by atoms with Gasteiger partial charge in [0.15, 0.2) is 5.78 Å². The summed E-state index contributed by atoms with van der Waals surface area (Å²) in [7, 11) is 0. The number of rotatable bonds is 5. The molecule has 1 aliphatic carbocycles. The molecule has 7 nitrogen and oxygen atoms in total. The molecule has 1 aliphatic heterocycles. The van der Waals surface area contributed by atoms with E-state index >= 15 is 0 Å². The van der Waals surface area contributed by atoms with Gasteiger partial charge < -0.3 is 19.3 Å². The second-order valence-electron chi connectivity index (χ2n) is 12.3. The molecule has 2 aliphatic rings. The molecule has 1 N–H and O–H groups in total. The van der Waals surface area contributed by atoms with E-state index in [0.717, 1.165) is 35.1 Å². The zero-order valence-corrected chi connectivity index (χ0v) is 23.9. The average molecular weight is 514 g/mol. The summed E-state index contributed by atoms with van der Waals surface area (Å²) < 4.78 is 16.8. The van der Waals surface area contributed by atoms with Crippen molar-refractivity contribution in [2.24, 2.45) is 5.92 Å². The second kappa shape index (κ2) is 11.1. The van der Waals surface area contributed by atoms with Crippen molar-refractivity contribution >= 4 is 17.5 Å². The number of benzene rings is 1. The van der Waals surface area contributed by atoms with E-state index in [4.69, 9.17) is 14.2 Å². The number of carbonyl (C=O) groups excluding carboxylic acids is 2. The number of aliphatic hydroxyl groups is 1. The number of carbonyl (C=O) groups is 2. The Labute approximate surface area is 221 Å². The summed E-state index contributed by atoms with van der Waals surface area (Å²) in [5, 5.41) is 10.4. The van der Waals surface area contributed by atoms with Gasteiger partial charge in [0.1, 0.15) is 11.4 Å². The van der Waals surface area contributed by atoms with E-state index in [2.05, 4.69) is 0 Å². The molecule has 0 spiro atoms.